The van der Waals surface area contributed by atoms with E-state index < -0.39 is 34.4 Å². The third-order valence-corrected chi connectivity index (χ3v) is 10.1. The first-order chi connectivity index (χ1) is 19.6. The zero-order valence-electron chi connectivity index (χ0n) is 24.6. The highest BCUT2D eigenvalue weighted by atomic mass is 16.5. The van der Waals surface area contributed by atoms with Crippen molar-refractivity contribution in [2.24, 2.45) is 23.2 Å². The fourth-order valence-electron chi connectivity index (χ4n) is 8.04. The van der Waals surface area contributed by atoms with Gasteiger partial charge in [0.1, 0.15) is 12.2 Å². The summed E-state index contributed by atoms with van der Waals surface area (Å²) in [6, 6.07) is 13.6. The summed E-state index contributed by atoms with van der Waals surface area (Å²) in [5.74, 6) is -2.45. The standard InChI is InChI=1S/C34H37NO6/c1-7-33-15-22-19(4)13-14-20(5)25(22)28(36)27(33)31(38)34(39-6)23(16-33)24(18(2)3)29-26(30(34)37)32(35-41-29)40-17-21-11-9-8-10-12-21/h8-14,18,23-24,27H,7,15-17H2,1-6H3. The summed E-state index contributed by atoms with van der Waals surface area (Å²) in [5, 5.41) is 4.19. The van der Waals surface area contributed by atoms with E-state index in [1.807, 2.05) is 63.2 Å². The van der Waals surface area contributed by atoms with Crippen molar-refractivity contribution >= 4 is 17.3 Å². The number of rotatable bonds is 6. The topological polar surface area (TPSA) is 95.7 Å². The number of carbonyl (C=O) groups is 3. The lowest BCUT2D eigenvalue weighted by Crippen LogP contribution is -2.69. The Labute approximate surface area is 240 Å². The fourth-order valence-corrected chi connectivity index (χ4v) is 8.04. The van der Waals surface area contributed by atoms with E-state index in [-0.39, 0.29) is 35.7 Å². The van der Waals surface area contributed by atoms with Crippen molar-refractivity contribution in [2.75, 3.05) is 7.11 Å². The number of hydrogen-bond acceptors (Lipinski definition) is 7. The molecule has 1 heterocycles. The van der Waals surface area contributed by atoms with Crippen molar-refractivity contribution in [3.05, 3.63) is 81.6 Å². The quantitative estimate of drug-likeness (QED) is 0.333. The van der Waals surface area contributed by atoms with E-state index >= 15 is 0 Å². The summed E-state index contributed by atoms with van der Waals surface area (Å²) in [6.07, 6.45) is 1.73. The molecule has 0 spiro atoms. The number of aromatic nitrogens is 1. The molecule has 1 aromatic heterocycles. The van der Waals surface area contributed by atoms with Crippen LogP contribution in [0.25, 0.3) is 0 Å². The van der Waals surface area contributed by atoms with Gasteiger partial charge in [-0.25, -0.2) is 0 Å². The first-order valence-corrected chi connectivity index (χ1v) is 14.5. The highest BCUT2D eigenvalue weighted by molar-refractivity contribution is 6.27. The van der Waals surface area contributed by atoms with Crippen molar-refractivity contribution in [3.8, 4) is 5.88 Å². The van der Waals surface area contributed by atoms with Gasteiger partial charge in [0, 0.05) is 24.5 Å². The number of hydrogen-bond donors (Lipinski definition) is 0. The second-order valence-corrected chi connectivity index (χ2v) is 12.5. The molecule has 0 aliphatic heterocycles. The molecule has 0 saturated heterocycles. The number of Topliss-reactive ketones (excluding diaryl/α,β-unsaturated/α-hetero) is 3. The highest BCUT2D eigenvalue weighted by Crippen LogP contribution is 2.62. The van der Waals surface area contributed by atoms with Crippen LogP contribution in [-0.2, 0) is 22.6 Å². The van der Waals surface area contributed by atoms with Crippen LogP contribution >= 0.6 is 0 Å². The summed E-state index contributed by atoms with van der Waals surface area (Å²) in [4.78, 5) is 43.8. The maximum Gasteiger partial charge on any atom is 0.265 e. The Balaban J connectivity index is 1.51. The Morgan fingerprint density at radius 3 is 2.39 bits per heavy atom. The summed E-state index contributed by atoms with van der Waals surface area (Å²) >= 11 is 0. The number of ether oxygens (including phenoxy) is 2. The van der Waals surface area contributed by atoms with Crippen LogP contribution < -0.4 is 4.74 Å². The van der Waals surface area contributed by atoms with E-state index in [2.05, 4.69) is 19.0 Å². The number of aryl methyl sites for hydroxylation is 2. The van der Waals surface area contributed by atoms with Gasteiger partial charge in [-0.1, -0.05) is 63.2 Å². The molecule has 0 bridgehead atoms. The monoisotopic (exact) mass is 555 g/mol. The molecule has 7 nitrogen and oxygen atoms in total. The van der Waals surface area contributed by atoms with Crippen molar-refractivity contribution in [2.45, 2.75) is 72.0 Å². The van der Waals surface area contributed by atoms with Crippen LogP contribution in [0, 0.1) is 37.0 Å². The van der Waals surface area contributed by atoms with Gasteiger partial charge >= 0.3 is 0 Å². The number of methoxy groups -OCH3 is 1. The van der Waals surface area contributed by atoms with Crippen molar-refractivity contribution in [1.29, 1.82) is 0 Å². The minimum absolute atomic E-state index is 0.00473. The van der Waals surface area contributed by atoms with Crippen molar-refractivity contribution in [3.63, 3.8) is 0 Å². The molecule has 5 atom stereocenters. The van der Waals surface area contributed by atoms with Crippen LogP contribution in [-0.4, -0.2) is 35.2 Å². The number of nitrogens with zero attached hydrogens (tertiary/aromatic N) is 1. The molecule has 6 rings (SSSR count). The third-order valence-electron chi connectivity index (χ3n) is 10.1. The van der Waals surface area contributed by atoms with Gasteiger partial charge < -0.3 is 14.0 Å². The maximum atomic E-state index is 14.9. The molecule has 1 fully saturated rings. The molecule has 5 unspecified atom stereocenters. The predicted octanol–water partition coefficient (Wildman–Crippen LogP) is 6.23. The largest absolute Gasteiger partial charge is 0.470 e. The lowest BCUT2D eigenvalue weighted by atomic mass is 9.45. The van der Waals surface area contributed by atoms with Gasteiger partial charge in [-0.3, -0.25) is 14.4 Å². The molecule has 3 aliphatic rings. The Kier molecular flexibility index (Phi) is 6.57. The predicted molar refractivity (Wildman–Crippen MR) is 152 cm³/mol. The fraction of sp³-hybridized carbons (Fsp3) is 0.471. The number of ketones is 3. The van der Waals surface area contributed by atoms with Gasteiger partial charge in [0.05, 0.1) is 5.92 Å². The van der Waals surface area contributed by atoms with Crippen LogP contribution in [0.1, 0.15) is 88.3 Å². The first-order valence-electron chi connectivity index (χ1n) is 14.5. The molecule has 3 aliphatic carbocycles. The smallest absolute Gasteiger partial charge is 0.265 e. The van der Waals surface area contributed by atoms with Gasteiger partial charge in [-0.05, 0) is 71.9 Å². The third kappa shape index (κ3) is 3.74. The summed E-state index contributed by atoms with van der Waals surface area (Å²) in [5.41, 5.74) is 2.17. The van der Waals surface area contributed by atoms with Gasteiger partial charge in [0.25, 0.3) is 5.88 Å². The molecule has 1 saturated carbocycles. The van der Waals surface area contributed by atoms with Gasteiger partial charge in [-0.15, -0.1) is 0 Å². The normalized spacial score (nSPS) is 28.7. The van der Waals surface area contributed by atoms with Crippen LogP contribution in [0.3, 0.4) is 0 Å². The first kappa shape index (κ1) is 27.6. The Morgan fingerprint density at radius 2 is 1.73 bits per heavy atom. The highest BCUT2D eigenvalue weighted by Gasteiger charge is 2.71. The van der Waals surface area contributed by atoms with E-state index in [9.17, 15) is 14.4 Å². The SMILES string of the molecule is CCC12Cc3c(C)ccc(C)c3C(=O)C1C(=O)C1(OC)C(=O)c3c(OCc4ccccc4)noc3C(C(C)C)C1C2. The average Bonchev–Trinajstić information content (AvgIpc) is 3.38. The molecule has 7 heteroatoms. The molecular formula is C34H37NO6. The van der Waals surface area contributed by atoms with E-state index in [1.54, 1.807) is 0 Å². The lowest BCUT2D eigenvalue weighted by molar-refractivity contribution is -0.164. The number of benzene rings is 2. The molecule has 41 heavy (non-hydrogen) atoms. The second kappa shape index (κ2) is 9.76. The zero-order valence-corrected chi connectivity index (χ0v) is 24.6. The molecular weight excluding hydrogens is 518 g/mol. The van der Waals surface area contributed by atoms with Crippen LogP contribution in [0.5, 0.6) is 5.88 Å². The summed E-state index contributed by atoms with van der Waals surface area (Å²) in [7, 11) is 1.42. The number of fused-ring (bicyclic) bond motifs is 4. The molecule has 214 valence electrons. The molecule has 0 amide bonds. The molecule has 3 aromatic rings. The van der Waals surface area contributed by atoms with Crippen molar-refractivity contribution in [1.82, 2.24) is 5.16 Å². The Bertz CT molecular complexity index is 1550. The molecule has 0 radical (unpaired) electrons. The van der Waals surface area contributed by atoms with Gasteiger partial charge in [0.15, 0.2) is 22.9 Å². The molecule has 0 N–H and O–H groups in total. The van der Waals surface area contributed by atoms with E-state index in [4.69, 9.17) is 14.0 Å². The summed E-state index contributed by atoms with van der Waals surface area (Å²) in [6.45, 7) is 10.3. The van der Waals surface area contributed by atoms with Gasteiger partial charge in [0.2, 0.25) is 5.78 Å². The maximum absolute atomic E-state index is 14.9. The average molecular weight is 556 g/mol. The minimum Gasteiger partial charge on any atom is -0.470 e. The van der Waals surface area contributed by atoms with E-state index in [1.165, 1.54) is 7.11 Å². The van der Waals surface area contributed by atoms with Crippen LogP contribution in [0.15, 0.2) is 47.0 Å². The lowest BCUT2D eigenvalue weighted by Gasteiger charge is -2.57. The minimum atomic E-state index is -1.83. The van der Waals surface area contributed by atoms with E-state index in [0.29, 0.717) is 30.6 Å². The van der Waals surface area contributed by atoms with Crippen LogP contribution in [0.2, 0.25) is 0 Å². The van der Waals surface area contributed by atoms with E-state index in [0.717, 1.165) is 22.3 Å². The zero-order chi connectivity index (χ0) is 29.3. The van der Waals surface area contributed by atoms with Crippen LogP contribution in [0.4, 0.5) is 0 Å². The molecule has 2 aromatic carbocycles. The number of carbonyl (C=O) groups excluding carboxylic acids is 3. The van der Waals surface area contributed by atoms with Gasteiger partial charge in [-0.2, -0.15) is 0 Å². The van der Waals surface area contributed by atoms with Crippen molar-refractivity contribution < 1.29 is 28.4 Å². The second-order valence-electron chi connectivity index (χ2n) is 12.5. The Morgan fingerprint density at radius 1 is 1.02 bits per heavy atom. The Hall–Kier alpha value is -3.58. The summed E-state index contributed by atoms with van der Waals surface area (Å²) < 4.78 is 18.0.